The van der Waals surface area contributed by atoms with Gasteiger partial charge >= 0.3 is 5.69 Å². The fourth-order valence-electron chi connectivity index (χ4n) is 3.35. The molecule has 33 heavy (non-hydrogen) atoms. The van der Waals surface area contributed by atoms with Crippen molar-refractivity contribution < 1.29 is 9.18 Å². The number of hydrogen-bond donors (Lipinski definition) is 2. The van der Waals surface area contributed by atoms with Gasteiger partial charge in [-0.25, -0.2) is 9.18 Å². The number of halogens is 1. The number of hydrogen-bond acceptors (Lipinski definition) is 5. The number of amides is 1. The molecule has 0 radical (unpaired) electrons. The molecule has 0 aliphatic carbocycles. The number of nitrogens with one attached hydrogen (secondary N) is 1. The largest absolute Gasteiger partial charge is 0.383 e. The van der Waals surface area contributed by atoms with Gasteiger partial charge in [-0.05, 0) is 29.7 Å². The van der Waals surface area contributed by atoms with Crippen molar-refractivity contribution in [2.45, 2.75) is 38.6 Å². The topological polar surface area (TPSA) is 101 Å². The number of unbranched alkanes of at least 4 members (excludes halogenated alkanes) is 1. The van der Waals surface area contributed by atoms with Crippen LogP contribution >= 0.6 is 11.8 Å². The van der Waals surface area contributed by atoms with Gasteiger partial charge in [0.15, 0.2) is 5.69 Å². The predicted molar refractivity (Wildman–Crippen MR) is 131 cm³/mol. The quantitative estimate of drug-likeness (QED) is 0.472. The minimum absolute atomic E-state index is 0.0231. The second kappa shape index (κ2) is 11.5. The first-order valence-electron chi connectivity index (χ1n) is 10.7. The summed E-state index contributed by atoms with van der Waals surface area (Å²) in [5, 5.41) is 0. The zero-order valence-corrected chi connectivity index (χ0v) is 19.2. The van der Waals surface area contributed by atoms with Crippen LogP contribution in [0.5, 0.6) is 0 Å². The average molecular weight is 471 g/mol. The Morgan fingerprint density at radius 2 is 1.79 bits per heavy atom. The molecule has 7 nitrogen and oxygen atoms in total. The van der Waals surface area contributed by atoms with Crippen LogP contribution in [0.1, 0.15) is 30.9 Å². The Labute approximate surface area is 195 Å². The van der Waals surface area contributed by atoms with Crippen molar-refractivity contribution in [1.82, 2.24) is 9.55 Å². The van der Waals surface area contributed by atoms with Crippen LogP contribution in [-0.4, -0.2) is 21.2 Å². The molecule has 2 aromatic carbocycles. The van der Waals surface area contributed by atoms with Gasteiger partial charge in [-0.3, -0.25) is 24.0 Å². The number of rotatable bonds is 10. The van der Waals surface area contributed by atoms with E-state index in [1.165, 1.54) is 33.4 Å². The van der Waals surface area contributed by atoms with Gasteiger partial charge in [-0.1, -0.05) is 55.8 Å². The van der Waals surface area contributed by atoms with Gasteiger partial charge in [0.05, 0.1) is 12.3 Å². The van der Waals surface area contributed by atoms with E-state index < -0.39 is 11.2 Å². The molecule has 0 bridgehead atoms. The fraction of sp³-hybridized carbons (Fsp3) is 0.292. The molecular formula is C24H27FN4O3S. The van der Waals surface area contributed by atoms with Gasteiger partial charge in [0.2, 0.25) is 5.91 Å². The normalized spacial score (nSPS) is 10.8. The third-order valence-corrected chi connectivity index (χ3v) is 6.10. The lowest BCUT2D eigenvalue weighted by Gasteiger charge is -2.24. The number of carbonyl (C=O) groups is 1. The van der Waals surface area contributed by atoms with Crippen molar-refractivity contribution >= 4 is 29.2 Å². The zero-order valence-electron chi connectivity index (χ0n) is 18.4. The Balaban J connectivity index is 1.89. The number of nitrogens with two attached hydrogens (primary N) is 1. The third kappa shape index (κ3) is 6.35. The standard InChI is InChI=1S/C24H27FN4O3S/c1-2-3-13-28-22(26)21(23(31)27-24(28)32)29(14-17-7-5-4-6-8-17)20(30)16-33-15-18-9-11-19(25)12-10-18/h4-12H,2-3,13-16,26H2,1H3,(H,27,31,32). The lowest BCUT2D eigenvalue weighted by atomic mass is 10.2. The van der Waals surface area contributed by atoms with Crippen LogP contribution in [0.4, 0.5) is 15.9 Å². The molecule has 3 N–H and O–H groups in total. The number of nitrogens with zero attached hydrogens (tertiary/aromatic N) is 2. The van der Waals surface area contributed by atoms with E-state index in [0.717, 1.165) is 17.5 Å². The SMILES string of the molecule is CCCCn1c(N)c(N(Cc2ccccc2)C(=O)CSCc2ccc(F)cc2)c(=O)[nH]c1=O. The van der Waals surface area contributed by atoms with E-state index in [9.17, 15) is 18.8 Å². The van der Waals surface area contributed by atoms with Gasteiger partial charge in [0.25, 0.3) is 5.56 Å². The Morgan fingerprint density at radius 1 is 1.09 bits per heavy atom. The number of nitrogen functional groups attached to an aromatic ring is 1. The molecule has 0 aliphatic rings. The molecule has 1 aromatic heterocycles. The molecule has 9 heteroatoms. The van der Waals surface area contributed by atoms with E-state index in [-0.39, 0.29) is 35.5 Å². The van der Waals surface area contributed by atoms with Crippen LogP contribution in [0.2, 0.25) is 0 Å². The second-order valence-corrected chi connectivity index (χ2v) is 8.57. The Bertz CT molecular complexity index is 1190. The summed E-state index contributed by atoms with van der Waals surface area (Å²) in [4.78, 5) is 42.0. The molecule has 0 atom stereocenters. The van der Waals surface area contributed by atoms with Gasteiger partial charge in [0.1, 0.15) is 11.6 Å². The van der Waals surface area contributed by atoms with Gasteiger partial charge < -0.3 is 5.73 Å². The van der Waals surface area contributed by atoms with Gasteiger partial charge in [0, 0.05) is 12.3 Å². The van der Waals surface area contributed by atoms with Crippen molar-refractivity contribution in [2.24, 2.45) is 0 Å². The summed E-state index contributed by atoms with van der Waals surface area (Å²) in [6, 6.07) is 15.3. The smallest absolute Gasteiger partial charge is 0.330 e. The van der Waals surface area contributed by atoms with E-state index in [1.807, 2.05) is 37.3 Å². The van der Waals surface area contributed by atoms with E-state index in [4.69, 9.17) is 5.73 Å². The van der Waals surface area contributed by atoms with E-state index in [1.54, 1.807) is 12.1 Å². The molecule has 0 spiro atoms. The van der Waals surface area contributed by atoms with Gasteiger partial charge in [-0.15, -0.1) is 11.8 Å². The maximum Gasteiger partial charge on any atom is 0.330 e. The summed E-state index contributed by atoms with van der Waals surface area (Å²) in [7, 11) is 0. The first-order valence-corrected chi connectivity index (χ1v) is 11.8. The Kier molecular flexibility index (Phi) is 8.48. The van der Waals surface area contributed by atoms with Crippen molar-refractivity contribution in [2.75, 3.05) is 16.4 Å². The Hall–Kier alpha value is -3.33. The Morgan fingerprint density at radius 3 is 2.45 bits per heavy atom. The summed E-state index contributed by atoms with van der Waals surface area (Å²) in [5.74, 6) is -0.0693. The molecule has 3 rings (SSSR count). The van der Waals surface area contributed by atoms with Crippen LogP contribution in [0.3, 0.4) is 0 Å². The average Bonchev–Trinajstić information content (AvgIpc) is 2.80. The number of H-pyrrole nitrogens is 1. The summed E-state index contributed by atoms with van der Waals surface area (Å²) in [5.41, 5.74) is 6.65. The maximum absolute atomic E-state index is 13.3. The van der Waals surface area contributed by atoms with E-state index >= 15 is 0 Å². The van der Waals surface area contributed by atoms with E-state index in [0.29, 0.717) is 18.7 Å². The molecule has 1 heterocycles. The number of carbonyl (C=O) groups excluding carboxylic acids is 1. The first kappa shape index (κ1) is 24.3. The van der Waals surface area contributed by atoms with Crippen LogP contribution in [-0.2, 0) is 23.6 Å². The summed E-state index contributed by atoms with van der Waals surface area (Å²) >= 11 is 1.35. The van der Waals surface area contributed by atoms with Crippen molar-refractivity contribution in [3.63, 3.8) is 0 Å². The first-order chi connectivity index (χ1) is 15.9. The highest BCUT2D eigenvalue weighted by Gasteiger charge is 2.24. The maximum atomic E-state index is 13.3. The summed E-state index contributed by atoms with van der Waals surface area (Å²) < 4.78 is 14.4. The van der Waals surface area contributed by atoms with Crippen LogP contribution in [0.15, 0.2) is 64.2 Å². The zero-order chi connectivity index (χ0) is 23.8. The molecular weight excluding hydrogens is 443 g/mol. The number of anilines is 2. The lowest BCUT2D eigenvalue weighted by molar-refractivity contribution is -0.116. The minimum atomic E-state index is -0.696. The molecule has 0 saturated carbocycles. The molecule has 0 saturated heterocycles. The monoisotopic (exact) mass is 470 g/mol. The van der Waals surface area contributed by atoms with Crippen molar-refractivity contribution in [1.29, 1.82) is 0 Å². The molecule has 0 aliphatic heterocycles. The van der Waals surface area contributed by atoms with E-state index in [2.05, 4.69) is 4.98 Å². The van der Waals surface area contributed by atoms with Gasteiger partial charge in [-0.2, -0.15) is 0 Å². The number of aromatic amines is 1. The summed E-state index contributed by atoms with van der Waals surface area (Å²) in [6.45, 7) is 2.46. The number of thioether (sulfide) groups is 1. The fourth-order valence-corrected chi connectivity index (χ4v) is 4.21. The number of aromatic nitrogens is 2. The van der Waals surface area contributed by atoms with Crippen LogP contribution in [0, 0.1) is 5.82 Å². The highest BCUT2D eigenvalue weighted by atomic mass is 32.2. The predicted octanol–water partition coefficient (Wildman–Crippen LogP) is 3.52. The highest BCUT2D eigenvalue weighted by molar-refractivity contribution is 7.99. The minimum Gasteiger partial charge on any atom is -0.383 e. The third-order valence-electron chi connectivity index (χ3n) is 5.11. The summed E-state index contributed by atoms with van der Waals surface area (Å²) in [6.07, 6.45) is 1.54. The molecule has 1 amide bonds. The van der Waals surface area contributed by atoms with Crippen LogP contribution in [0.25, 0.3) is 0 Å². The van der Waals surface area contributed by atoms with Crippen molar-refractivity contribution in [3.05, 3.63) is 92.4 Å². The molecule has 3 aromatic rings. The highest BCUT2D eigenvalue weighted by Crippen LogP contribution is 2.22. The molecule has 0 unspecified atom stereocenters. The number of benzene rings is 2. The van der Waals surface area contributed by atoms with Crippen LogP contribution < -0.4 is 21.9 Å². The van der Waals surface area contributed by atoms with Crippen molar-refractivity contribution in [3.8, 4) is 0 Å². The lowest BCUT2D eigenvalue weighted by Crippen LogP contribution is -2.41. The second-order valence-electron chi connectivity index (χ2n) is 7.58. The molecule has 0 fully saturated rings. The molecule has 174 valence electrons.